The number of carbonyl (C=O) groups is 1. The SMILES string of the molecule is CCCC/C=C/CC/C=C/C(O)C(COC1OC(CO)C(OC2OC(CO)C(OC3OC(CO)C(O)C(O)C3O)C(O)C2O)C(O)C1O)NC(=O)CCCCCCCCCCCCCCCCCCCCCCCCCCCCC/C=C\C/C=C\CCCCCCC. The summed E-state index contributed by atoms with van der Waals surface area (Å²) in [5.41, 5.74) is 0. The van der Waals surface area contributed by atoms with Crippen molar-refractivity contribution in [3.05, 3.63) is 48.6 Å². The lowest BCUT2D eigenvalue weighted by atomic mass is 9.96. The number of amides is 1. The van der Waals surface area contributed by atoms with E-state index in [9.17, 15) is 61.0 Å². The van der Waals surface area contributed by atoms with E-state index in [1.807, 2.05) is 6.08 Å². The number of allylic oxidation sites excluding steroid dienone is 7. The minimum Gasteiger partial charge on any atom is -0.394 e. The lowest BCUT2D eigenvalue weighted by Gasteiger charge is -2.48. The number of aliphatic hydroxyl groups excluding tert-OH is 11. The van der Waals surface area contributed by atoms with Gasteiger partial charge in [0.1, 0.15) is 73.2 Å². The van der Waals surface area contributed by atoms with Crippen LogP contribution in [0, 0.1) is 0 Å². The van der Waals surface area contributed by atoms with Crippen LogP contribution in [0.5, 0.6) is 0 Å². The van der Waals surface area contributed by atoms with Gasteiger partial charge in [0.25, 0.3) is 0 Å². The Balaban J connectivity index is 1.24. The molecular formula is C73H133NO18. The van der Waals surface area contributed by atoms with Crippen molar-refractivity contribution in [2.24, 2.45) is 0 Å². The lowest BCUT2D eigenvalue weighted by molar-refractivity contribution is -0.379. The maximum Gasteiger partial charge on any atom is 0.220 e. The van der Waals surface area contributed by atoms with E-state index in [2.05, 4.69) is 55.6 Å². The van der Waals surface area contributed by atoms with Gasteiger partial charge >= 0.3 is 0 Å². The third-order valence-electron chi connectivity index (χ3n) is 18.3. The summed E-state index contributed by atoms with van der Waals surface area (Å²) in [5, 5.41) is 120. The van der Waals surface area contributed by atoms with Gasteiger partial charge in [-0.1, -0.05) is 262 Å². The highest BCUT2D eigenvalue weighted by molar-refractivity contribution is 5.76. The molecular weight excluding hydrogens is 1180 g/mol. The monoisotopic (exact) mass is 1310 g/mol. The summed E-state index contributed by atoms with van der Waals surface area (Å²) in [6, 6.07) is -0.986. The third kappa shape index (κ3) is 35.8. The molecule has 0 radical (unpaired) electrons. The van der Waals surface area contributed by atoms with Gasteiger partial charge in [0.15, 0.2) is 18.9 Å². The summed E-state index contributed by atoms with van der Waals surface area (Å²) in [7, 11) is 0. The Morgan fingerprint density at radius 3 is 1.18 bits per heavy atom. The van der Waals surface area contributed by atoms with Crippen molar-refractivity contribution in [2.45, 2.75) is 381 Å². The molecule has 17 atom stereocenters. The molecule has 0 bridgehead atoms. The molecule has 0 aromatic carbocycles. The summed E-state index contributed by atoms with van der Waals surface area (Å²) in [5.74, 6) is -0.286. The molecule has 1 amide bonds. The molecule has 0 spiro atoms. The van der Waals surface area contributed by atoms with E-state index in [0.29, 0.717) is 12.8 Å². The average molecular weight is 1310 g/mol. The Bertz CT molecular complexity index is 1860. The highest BCUT2D eigenvalue weighted by atomic mass is 16.8. The number of unbranched alkanes of at least 4 members (excludes halogenated alkanes) is 35. The molecule has 3 heterocycles. The second-order valence-corrected chi connectivity index (χ2v) is 26.4. The van der Waals surface area contributed by atoms with Gasteiger partial charge in [0.05, 0.1) is 38.6 Å². The zero-order chi connectivity index (χ0) is 66.8. The lowest BCUT2D eigenvalue weighted by Crippen LogP contribution is -2.66. The standard InChI is InChI=1S/C73H133NO18/c1-3-5-7-9-11-13-14-15-16-17-18-19-20-21-22-23-24-25-26-27-28-29-30-31-32-33-34-35-36-37-38-39-40-41-42-43-45-47-49-51-61(79)74-56(57(78)50-48-46-44-12-10-8-6-4-2)55-87-71-67(85)64(82)69(59(53-76)89-71)92-73-68(86)65(83)70(60(54-77)90-73)91-72-66(84)63(81)62(80)58(52-75)88-72/h10,12,14-15,17-18,48,50,56-60,62-73,75-78,80-86H,3-9,11,13,16,19-47,49,51-55H2,1-2H3,(H,74,79)/b12-10+,15-14-,18-17-,50-48+. The second-order valence-electron chi connectivity index (χ2n) is 26.4. The smallest absolute Gasteiger partial charge is 0.220 e. The van der Waals surface area contributed by atoms with E-state index in [4.69, 9.17) is 28.4 Å². The van der Waals surface area contributed by atoms with Gasteiger partial charge in [0.2, 0.25) is 5.91 Å². The van der Waals surface area contributed by atoms with E-state index >= 15 is 0 Å². The maximum atomic E-state index is 13.3. The van der Waals surface area contributed by atoms with E-state index in [1.165, 1.54) is 193 Å². The van der Waals surface area contributed by atoms with Gasteiger partial charge in [0, 0.05) is 6.42 Å². The topological polar surface area (TPSA) is 307 Å². The van der Waals surface area contributed by atoms with E-state index in [0.717, 1.165) is 51.4 Å². The fourth-order valence-electron chi connectivity index (χ4n) is 12.3. The molecule has 12 N–H and O–H groups in total. The van der Waals surface area contributed by atoms with Crippen LogP contribution in [0.4, 0.5) is 0 Å². The van der Waals surface area contributed by atoms with Crippen LogP contribution in [0.25, 0.3) is 0 Å². The fraction of sp³-hybridized carbons (Fsp3) is 0.877. The van der Waals surface area contributed by atoms with Gasteiger partial charge < -0.3 is 89.9 Å². The average Bonchev–Trinajstić information content (AvgIpc) is 0.795. The van der Waals surface area contributed by atoms with Crippen LogP contribution in [-0.4, -0.2) is 193 Å². The fourth-order valence-corrected chi connectivity index (χ4v) is 12.3. The van der Waals surface area contributed by atoms with Crippen LogP contribution in [-0.2, 0) is 33.2 Å². The first-order valence-electron chi connectivity index (χ1n) is 36.9. The van der Waals surface area contributed by atoms with Gasteiger partial charge in [-0.05, 0) is 57.8 Å². The molecule has 0 aromatic rings. The van der Waals surface area contributed by atoms with Crippen LogP contribution in [0.2, 0.25) is 0 Å². The molecule has 0 saturated carbocycles. The summed E-state index contributed by atoms with van der Waals surface area (Å²) in [6.45, 7) is 1.62. The quantitative estimate of drug-likeness (QED) is 0.0199. The molecule has 19 heteroatoms. The molecule has 17 unspecified atom stereocenters. The second kappa shape index (κ2) is 54.7. The first-order valence-corrected chi connectivity index (χ1v) is 36.9. The van der Waals surface area contributed by atoms with Crippen LogP contribution in [0.3, 0.4) is 0 Å². The van der Waals surface area contributed by atoms with Crippen LogP contribution < -0.4 is 5.32 Å². The Hall–Kier alpha value is -2.25. The number of rotatable bonds is 57. The summed E-state index contributed by atoms with van der Waals surface area (Å²) < 4.78 is 34.2. The zero-order valence-corrected chi connectivity index (χ0v) is 57.0. The predicted octanol–water partition coefficient (Wildman–Crippen LogP) is 10.6. The molecule has 3 saturated heterocycles. The zero-order valence-electron chi connectivity index (χ0n) is 57.0. The van der Waals surface area contributed by atoms with Gasteiger partial charge in [-0.3, -0.25) is 4.79 Å². The van der Waals surface area contributed by atoms with E-state index in [-0.39, 0.29) is 18.9 Å². The molecule has 19 nitrogen and oxygen atoms in total. The van der Waals surface area contributed by atoms with Crippen LogP contribution in [0.15, 0.2) is 48.6 Å². The first-order chi connectivity index (χ1) is 44.8. The van der Waals surface area contributed by atoms with Crippen molar-refractivity contribution in [3.63, 3.8) is 0 Å². The minimum absolute atomic E-state index is 0.238. The van der Waals surface area contributed by atoms with Crippen LogP contribution in [0.1, 0.15) is 277 Å². The van der Waals surface area contributed by atoms with Crippen LogP contribution >= 0.6 is 0 Å². The largest absolute Gasteiger partial charge is 0.394 e. The number of hydrogen-bond acceptors (Lipinski definition) is 18. The number of nitrogens with one attached hydrogen (secondary N) is 1. The molecule has 3 rings (SSSR count). The Morgan fingerprint density at radius 2 is 0.739 bits per heavy atom. The van der Waals surface area contributed by atoms with Crippen molar-refractivity contribution in [2.75, 3.05) is 26.4 Å². The van der Waals surface area contributed by atoms with Gasteiger partial charge in [-0.15, -0.1) is 0 Å². The molecule has 538 valence electrons. The Kier molecular flexibility index (Phi) is 50.0. The summed E-state index contributed by atoms with van der Waals surface area (Å²) >= 11 is 0. The van der Waals surface area contributed by atoms with E-state index in [1.54, 1.807) is 6.08 Å². The number of carbonyl (C=O) groups excluding carboxylic acids is 1. The normalized spacial score (nSPS) is 27.9. The van der Waals surface area contributed by atoms with Crippen molar-refractivity contribution >= 4 is 5.91 Å². The molecule has 3 fully saturated rings. The van der Waals surface area contributed by atoms with Crippen molar-refractivity contribution in [1.82, 2.24) is 5.32 Å². The van der Waals surface area contributed by atoms with Crippen molar-refractivity contribution in [3.8, 4) is 0 Å². The summed E-state index contributed by atoms with van der Waals surface area (Å²) in [4.78, 5) is 13.3. The van der Waals surface area contributed by atoms with Gasteiger partial charge in [-0.2, -0.15) is 0 Å². The molecule has 0 aromatic heterocycles. The van der Waals surface area contributed by atoms with Crippen molar-refractivity contribution in [1.29, 1.82) is 0 Å². The number of hydrogen-bond donors (Lipinski definition) is 12. The van der Waals surface area contributed by atoms with E-state index < -0.39 is 124 Å². The minimum atomic E-state index is -1.98. The molecule has 0 aliphatic carbocycles. The first kappa shape index (κ1) is 84.0. The Morgan fingerprint density at radius 1 is 0.391 bits per heavy atom. The molecule has 3 aliphatic rings. The highest BCUT2D eigenvalue weighted by Crippen LogP contribution is 2.33. The molecule has 92 heavy (non-hydrogen) atoms. The maximum absolute atomic E-state index is 13.3. The van der Waals surface area contributed by atoms with Crippen molar-refractivity contribution < 1.29 is 89.4 Å². The van der Waals surface area contributed by atoms with Gasteiger partial charge in [-0.25, -0.2) is 0 Å². The third-order valence-corrected chi connectivity index (χ3v) is 18.3. The highest BCUT2D eigenvalue weighted by Gasteiger charge is 2.53. The molecule has 3 aliphatic heterocycles. The predicted molar refractivity (Wildman–Crippen MR) is 360 cm³/mol. The number of aliphatic hydroxyl groups is 11. The summed E-state index contributed by atoms with van der Waals surface area (Å²) in [6.07, 6.45) is 40.4. The number of ether oxygens (including phenoxy) is 6. The Labute approximate surface area is 554 Å².